The van der Waals surface area contributed by atoms with Gasteiger partial charge in [-0.25, -0.2) is 9.18 Å². The predicted molar refractivity (Wildman–Crippen MR) is 86.7 cm³/mol. The molecule has 0 aliphatic heterocycles. The first kappa shape index (κ1) is 14.1. The summed E-state index contributed by atoms with van der Waals surface area (Å²) < 4.78 is 15.6. The molecule has 3 aromatic rings. The topological polar surface area (TPSA) is 46.1 Å². The van der Waals surface area contributed by atoms with Crippen LogP contribution in [-0.4, -0.2) is 10.6 Å². The van der Waals surface area contributed by atoms with Gasteiger partial charge in [-0.1, -0.05) is 30.3 Å². The Morgan fingerprint density at radius 3 is 2.50 bits per heavy atom. The van der Waals surface area contributed by atoms with E-state index in [1.165, 1.54) is 12.1 Å². The molecule has 0 saturated heterocycles. The summed E-state index contributed by atoms with van der Waals surface area (Å²) in [6.45, 7) is 2.84. The number of nitrogens with one attached hydrogen (secondary N) is 2. The minimum atomic E-state index is -0.468. The predicted octanol–water partition coefficient (Wildman–Crippen LogP) is 4.44. The maximum atomic E-state index is 13.6. The minimum Gasteiger partial charge on any atom is -0.346 e. The number of carbonyl (C=O) groups is 1. The van der Waals surface area contributed by atoms with Crippen molar-refractivity contribution in [3.8, 4) is 0 Å². The van der Waals surface area contributed by atoms with Crippen LogP contribution in [0.15, 0.2) is 54.7 Å². The van der Waals surface area contributed by atoms with Crippen LogP contribution in [0.25, 0.3) is 10.9 Å². The zero-order valence-corrected chi connectivity index (χ0v) is 12.1. The van der Waals surface area contributed by atoms with Gasteiger partial charge >= 0.3 is 6.03 Å². The number of benzene rings is 2. The molecule has 1 aromatic heterocycles. The Morgan fingerprint density at radius 2 is 1.73 bits per heavy atom. The Morgan fingerprint density at radius 1 is 1.05 bits per heavy atom. The second kappa shape index (κ2) is 5.89. The van der Waals surface area contributed by atoms with Gasteiger partial charge in [-0.3, -0.25) is 0 Å². The molecule has 3 rings (SSSR count). The number of hydrogen-bond donors (Lipinski definition) is 2. The highest BCUT2D eigenvalue weighted by Crippen LogP contribution is 2.26. The number of fused-ring (bicyclic) bond motifs is 1. The first-order valence-electron chi connectivity index (χ1n) is 7.09. The molecule has 2 N–H and O–H groups in total. The summed E-state index contributed by atoms with van der Waals surface area (Å²) in [6.07, 6.45) is 1.88. The smallest absolute Gasteiger partial charge is 0.323 e. The highest BCUT2D eigenvalue weighted by atomic mass is 19.1. The first-order chi connectivity index (χ1) is 10.7. The molecule has 0 bridgehead atoms. The summed E-state index contributed by atoms with van der Waals surface area (Å²) in [5.41, 5.74) is 1.90. The van der Waals surface area contributed by atoms with Crippen molar-refractivity contribution >= 4 is 28.3 Å². The lowest BCUT2D eigenvalue weighted by Crippen LogP contribution is -2.19. The normalized spacial score (nSPS) is 10.6. The molecule has 0 unspecified atom stereocenters. The summed E-state index contributed by atoms with van der Waals surface area (Å²) in [7, 11) is 0. The Kier molecular flexibility index (Phi) is 3.78. The molecule has 2 amide bonds. The van der Waals surface area contributed by atoms with Crippen molar-refractivity contribution in [3.05, 3.63) is 60.5 Å². The van der Waals surface area contributed by atoms with E-state index in [0.29, 0.717) is 5.69 Å². The molecule has 0 radical (unpaired) electrons. The lowest BCUT2D eigenvalue weighted by Gasteiger charge is -2.07. The molecule has 112 valence electrons. The quantitative estimate of drug-likeness (QED) is 0.737. The number of anilines is 2. The number of nitrogens with zero attached hydrogens (tertiary/aromatic N) is 1. The van der Waals surface area contributed by atoms with Crippen molar-refractivity contribution in [2.24, 2.45) is 0 Å². The average Bonchev–Trinajstić information content (AvgIpc) is 2.88. The van der Waals surface area contributed by atoms with Gasteiger partial charge in [0.1, 0.15) is 5.82 Å². The van der Waals surface area contributed by atoms with Crippen LogP contribution in [0.5, 0.6) is 0 Å². The molecule has 0 aliphatic rings. The molecule has 0 atom stereocenters. The minimum absolute atomic E-state index is 0.152. The molecule has 0 fully saturated rings. The maximum Gasteiger partial charge on any atom is 0.323 e. The average molecular weight is 297 g/mol. The fourth-order valence-corrected chi connectivity index (χ4v) is 2.45. The van der Waals surface area contributed by atoms with Crippen LogP contribution in [0.2, 0.25) is 0 Å². The van der Waals surface area contributed by atoms with Crippen molar-refractivity contribution < 1.29 is 9.18 Å². The van der Waals surface area contributed by atoms with Crippen molar-refractivity contribution in [2.75, 3.05) is 10.6 Å². The van der Waals surface area contributed by atoms with Gasteiger partial charge in [-0.2, -0.15) is 0 Å². The number of urea groups is 1. The molecular formula is C17H16FN3O. The van der Waals surface area contributed by atoms with Crippen LogP contribution < -0.4 is 10.6 Å². The standard InChI is InChI=1S/C17H16FN3O/c1-2-21-11-15(12-7-3-6-10-16(12)21)20-17(22)19-14-9-5-4-8-13(14)18/h3-11H,2H2,1H3,(H2,19,20,22). The monoisotopic (exact) mass is 297 g/mol. The van der Waals surface area contributed by atoms with Gasteiger partial charge in [-0.05, 0) is 25.1 Å². The number of carbonyl (C=O) groups excluding carboxylic acids is 1. The zero-order chi connectivity index (χ0) is 15.5. The Balaban J connectivity index is 1.84. The third kappa shape index (κ3) is 2.65. The van der Waals surface area contributed by atoms with Crippen molar-refractivity contribution in [3.63, 3.8) is 0 Å². The van der Waals surface area contributed by atoms with Gasteiger partial charge in [-0.15, -0.1) is 0 Å². The maximum absolute atomic E-state index is 13.6. The molecule has 5 heteroatoms. The SMILES string of the molecule is CCn1cc(NC(=O)Nc2ccccc2F)c2ccccc21. The zero-order valence-electron chi connectivity index (χ0n) is 12.1. The van der Waals surface area contributed by atoms with E-state index in [1.807, 2.05) is 42.0 Å². The number of amides is 2. The molecule has 2 aromatic carbocycles. The second-order valence-electron chi connectivity index (χ2n) is 4.90. The molecule has 0 spiro atoms. The van der Waals surface area contributed by atoms with E-state index >= 15 is 0 Å². The van der Waals surface area contributed by atoms with Crippen LogP contribution in [0, 0.1) is 5.82 Å². The number of aromatic nitrogens is 1. The van der Waals surface area contributed by atoms with Crippen LogP contribution in [-0.2, 0) is 6.54 Å². The van der Waals surface area contributed by atoms with E-state index < -0.39 is 11.8 Å². The summed E-state index contributed by atoms with van der Waals surface area (Å²) in [5, 5.41) is 6.25. The van der Waals surface area contributed by atoms with E-state index in [-0.39, 0.29) is 5.69 Å². The Hall–Kier alpha value is -2.82. The number of halogens is 1. The fourth-order valence-electron chi connectivity index (χ4n) is 2.45. The van der Waals surface area contributed by atoms with Crippen molar-refractivity contribution in [2.45, 2.75) is 13.5 Å². The van der Waals surface area contributed by atoms with Gasteiger partial charge in [0.2, 0.25) is 0 Å². The van der Waals surface area contributed by atoms with Gasteiger partial charge in [0.05, 0.1) is 16.9 Å². The lowest BCUT2D eigenvalue weighted by atomic mass is 10.2. The number of aryl methyl sites for hydroxylation is 1. The van der Waals surface area contributed by atoms with E-state index in [9.17, 15) is 9.18 Å². The third-order valence-corrected chi connectivity index (χ3v) is 3.50. The van der Waals surface area contributed by atoms with E-state index in [2.05, 4.69) is 10.6 Å². The number of hydrogen-bond acceptors (Lipinski definition) is 1. The molecule has 4 nitrogen and oxygen atoms in total. The summed E-state index contributed by atoms with van der Waals surface area (Å²) in [4.78, 5) is 12.1. The highest BCUT2D eigenvalue weighted by Gasteiger charge is 2.11. The summed E-state index contributed by atoms with van der Waals surface area (Å²) in [5.74, 6) is -0.464. The van der Waals surface area contributed by atoms with E-state index in [4.69, 9.17) is 0 Å². The van der Waals surface area contributed by atoms with Gasteiger partial charge in [0, 0.05) is 18.1 Å². The first-order valence-corrected chi connectivity index (χ1v) is 7.09. The van der Waals surface area contributed by atoms with Crippen LogP contribution in [0.4, 0.5) is 20.6 Å². The molecule has 22 heavy (non-hydrogen) atoms. The number of rotatable bonds is 3. The molecule has 0 saturated carbocycles. The fraction of sp³-hybridized carbons (Fsp3) is 0.118. The Labute approximate surface area is 127 Å². The highest BCUT2D eigenvalue weighted by molar-refractivity contribution is 6.06. The molecular weight excluding hydrogens is 281 g/mol. The van der Waals surface area contributed by atoms with Gasteiger partial charge in [0.25, 0.3) is 0 Å². The summed E-state index contributed by atoms with van der Waals surface area (Å²) >= 11 is 0. The van der Waals surface area contributed by atoms with Crippen molar-refractivity contribution in [1.82, 2.24) is 4.57 Å². The van der Waals surface area contributed by atoms with Crippen LogP contribution >= 0.6 is 0 Å². The van der Waals surface area contributed by atoms with Gasteiger partial charge in [0.15, 0.2) is 0 Å². The van der Waals surface area contributed by atoms with E-state index in [0.717, 1.165) is 17.4 Å². The van der Waals surface area contributed by atoms with E-state index in [1.54, 1.807) is 12.1 Å². The third-order valence-electron chi connectivity index (χ3n) is 3.50. The summed E-state index contributed by atoms with van der Waals surface area (Å²) in [6, 6.07) is 13.4. The largest absolute Gasteiger partial charge is 0.346 e. The van der Waals surface area contributed by atoms with Crippen molar-refractivity contribution in [1.29, 1.82) is 0 Å². The van der Waals surface area contributed by atoms with Crippen LogP contribution in [0.3, 0.4) is 0 Å². The number of para-hydroxylation sites is 2. The molecule has 1 heterocycles. The van der Waals surface area contributed by atoms with Gasteiger partial charge < -0.3 is 15.2 Å². The second-order valence-corrected chi connectivity index (χ2v) is 4.90. The molecule has 0 aliphatic carbocycles. The van der Waals surface area contributed by atoms with Crippen LogP contribution in [0.1, 0.15) is 6.92 Å². The Bertz CT molecular complexity index is 826. The lowest BCUT2D eigenvalue weighted by molar-refractivity contribution is 0.262.